The third-order valence-electron chi connectivity index (χ3n) is 2.92. The van der Waals surface area contributed by atoms with E-state index in [2.05, 4.69) is 5.32 Å². The molecule has 0 aromatic heterocycles. The molecule has 0 radical (unpaired) electrons. The van der Waals surface area contributed by atoms with Gasteiger partial charge in [0.1, 0.15) is 12.4 Å². The molecule has 2 rings (SSSR count). The van der Waals surface area contributed by atoms with Gasteiger partial charge < -0.3 is 14.8 Å². The summed E-state index contributed by atoms with van der Waals surface area (Å²) in [5.74, 6) is -0.387. The van der Waals surface area contributed by atoms with Crippen LogP contribution in [0, 0.1) is 9.39 Å². The monoisotopic (exact) mass is 449 g/mol. The van der Waals surface area contributed by atoms with Crippen molar-refractivity contribution >= 4 is 45.8 Å². The Labute approximate surface area is 152 Å². The second-order valence-corrected chi connectivity index (χ2v) is 6.11. The Morgan fingerprint density at radius 3 is 2.78 bits per heavy atom. The van der Waals surface area contributed by atoms with Crippen molar-refractivity contribution in [3.05, 3.63) is 56.4 Å². The fourth-order valence-corrected chi connectivity index (χ4v) is 2.80. The van der Waals surface area contributed by atoms with Crippen molar-refractivity contribution in [2.24, 2.45) is 0 Å². The Morgan fingerprint density at radius 2 is 2.09 bits per heavy atom. The first kappa shape index (κ1) is 18.0. The number of hydrogen-bond acceptors (Lipinski definition) is 3. The first-order valence-corrected chi connectivity index (χ1v) is 8.15. The van der Waals surface area contributed by atoms with Crippen LogP contribution in [0.15, 0.2) is 36.4 Å². The molecule has 4 nitrogen and oxygen atoms in total. The van der Waals surface area contributed by atoms with Crippen molar-refractivity contribution < 1.29 is 18.7 Å². The first-order chi connectivity index (χ1) is 11.0. The van der Waals surface area contributed by atoms with Crippen LogP contribution in [0.5, 0.6) is 5.75 Å². The molecule has 7 heteroatoms. The molecule has 0 atom stereocenters. The van der Waals surface area contributed by atoms with Crippen LogP contribution >= 0.6 is 34.2 Å². The number of carbonyl (C=O) groups is 1. The van der Waals surface area contributed by atoms with Gasteiger partial charge in [-0.1, -0.05) is 17.7 Å². The molecule has 0 aliphatic carbocycles. The molecule has 0 heterocycles. The highest BCUT2D eigenvalue weighted by atomic mass is 127. The maximum Gasteiger partial charge on any atom is 0.256 e. The van der Waals surface area contributed by atoms with E-state index in [-0.39, 0.29) is 5.91 Å². The average Bonchev–Trinajstić information content (AvgIpc) is 2.50. The SMILES string of the molecule is COCCOc1c(Cl)cccc1NC(=O)c1ccc(F)cc1I. The minimum atomic E-state index is -0.391. The van der Waals surface area contributed by atoms with Crippen molar-refractivity contribution in [1.29, 1.82) is 0 Å². The number of benzene rings is 2. The molecule has 1 N–H and O–H groups in total. The Kier molecular flexibility index (Phi) is 6.61. The van der Waals surface area contributed by atoms with Gasteiger partial charge >= 0.3 is 0 Å². The minimum absolute atomic E-state index is 0.303. The van der Waals surface area contributed by atoms with Crippen LogP contribution < -0.4 is 10.1 Å². The molecule has 23 heavy (non-hydrogen) atoms. The van der Waals surface area contributed by atoms with Gasteiger partial charge in [0.05, 0.1) is 22.9 Å². The Hall–Kier alpha value is -1.38. The van der Waals surface area contributed by atoms with Gasteiger partial charge in [-0.25, -0.2) is 4.39 Å². The zero-order chi connectivity index (χ0) is 16.8. The molecule has 0 saturated heterocycles. The van der Waals surface area contributed by atoms with E-state index in [0.717, 1.165) is 0 Å². The Morgan fingerprint density at radius 1 is 1.30 bits per heavy atom. The van der Waals surface area contributed by atoms with Crippen LogP contribution in [0.3, 0.4) is 0 Å². The number of carbonyl (C=O) groups excluding carboxylic acids is 1. The van der Waals surface area contributed by atoms with Crippen LogP contribution in [-0.4, -0.2) is 26.2 Å². The summed E-state index contributed by atoms with van der Waals surface area (Å²) >= 11 is 8.03. The first-order valence-electron chi connectivity index (χ1n) is 6.69. The van der Waals surface area contributed by atoms with Crippen molar-refractivity contribution in [3.8, 4) is 5.75 Å². The summed E-state index contributed by atoms with van der Waals surface area (Å²) in [7, 11) is 1.56. The molecule has 1 amide bonds. The summed E-state index contributed by atoms with van der Waals surface area (Å²) in [5, 5.41) is 3.12. The lowest BCUT2D eigenvalue weighted by atomic mass is 10.2. The van der Waals surface area contributed by atoms with Gasteiger partial charge in [-0.3, -0.25) is 4.79 Å². The van der Waals surface area contributed by atoms with Gasteiger partial charge in [-0.05, 0) is 52.9 Å². The highest BCUT2D eigenvalue weighted by Gasteiger charge is 2.15. The molecule has 0 spiro atoms. The Balaban J connectivity index is 2.21. The van der Waals surface area contributed by atoms with E-state index in [1.807, 2.05) is 22.6 Å². The highest BCUT2D eigenvalue weighted by Crippen LogP contribution is 2.33. The normalized spacial score (nSPS) is 10.4. The maximum atomic E-state index is 13.1. The second kappa shape index (κ2) is 8.47. The Bertz CT molecular complexity index is 712. The quantitative estimate of drug-likeness (QED) is 0.527. The standard InChI is InChI=1S/C16H14ClFINO3/c1-22-7-8-23-15-12(17)3-2-4-14(15)20-16(21)11-6-5-10(18)9-13(11)19/h2-6,9H,7-8H2,1H3,(H,20,21). The summed E-state index contributed by atoms with van der Waals surface area (Å²) in [5.41, 5.74) is 0.813. The van der Waals surface area contributed by atoms with Gasteiger partial charge in [-0.2, -0.15) is 0 Å². The topological polar surface area (TPSA) is 47.6 Å². The molecule has 0 saturated carbocycles. The van der Waals surface area contributed by atoms with Crippen LogP contribution in [0.2, 0.25) is 5.02 Å². The zero-order valence-electron chi connectivity index (χ0n) is 12.2. The number of methoxy groups -OCH3 is 1. The predicted octanol–water partition coefficient (Wildman–Crippen LogP) is 4.36. The van der Waals surface area contributed by atoms with E-state index >= 15 is 0 Å². The smallest absolute Gasteiger partial charge is 0.256 e. The number of rotatable bonds is 6. The molecular weight excluding hydrogens is 436 g/mol. The van der Waals surface area contributed by atoms with Crippen LogP contribution in [-0.2, 0) is 4.74 Å². The number of amides is 1. The lowest BCUT2D eigenvalue weighted by Gasteiger charge is -2.14. The van der Waals surface area contributed by atoms with Crippen LogP contribution in [0.25, 0.3) is 0 Å². The highest BCUT2D eigenvalue weighted by molar-refractivity contribution is 14.1. The third kappa shape index (κ3) is 4.79. The third-order valence-corrected chi connectivity index (χ3v) is 4.11. The second-order valence-electron chi connectivity index (χ2n) is 4.54. The van der Waals surface area contributed by atoms with E-state index in [0.29, 0.717) is 38.8 Å². The molecule has 122 valence electrons. The number of nitrogens with one attached hydrogen (secondary N) is 1. The van der Waals surface area contributed by atoms with Gasteiger partial charge in [-0.15, -0.1) is 0 Å². The number of halogens is 3. The lowest BCUT2D eigenvalue weighted by molar-refractivity contribution is 0.102. The van der Waals surface area contributed by atoms with Crippen LogP contribution in [0.4, 0.5) is 10.1 Å². The van der Waals surface area contributed by atoms with Gasteiger partial charge in [0.25, 0.3) is 5.91 Å². The fraction of sp³-hybridized carbons (Fsp3) is 0.188. The number of para-hydroxylation sites is 1. The van der Waals surface area contributed by atoms with E-state index < -0.39 is 5.82 Å². The molecule has 0 bridgehead atoms. The summed E-state index contributed by atoms with van der Waals surface area (Å²) in [6.45, 7) is 0.700. The van der Waals surface area contributed by atoms with Gasteiger partial charge in [0.15, 0.2) is 5.75 Å². The lowest BCUT2D eigenvalue weighted by Crippen LogP contribution is -2.15. The van der Waals surface area contributed by atoms with Crippen molar-refractivity contribution in [3.63, 3.8) is 0 Å². The molecule has 2 aromatic rings. The van der Waals surface area contributed by atoms with E-state index in [4.69, 9.17) is 21.1 Å². The number of anilines is 1. The summed E-state index contributed by atoms with van der Waals surface area (Å²) < 4.78 is 24.1. The molecule has 0 fully saturated rings. The predicted molar refractivity (Wildman–Crippen MR) is 95.9 cm³/mol. The maximum absolute atomic E-state index is 13.1. The molecule has 0 unspecified atom stereocenters. The zero-order valence-corrected chi connectivity index (χ0v) is 15.2. The number of ether oxygens (including phenoxy) is 2. The van der Waals surface area contributed by atoms with Crippen molar-refractivity contribution in [2.45, 2.75) is 0 Å². The largest absolute Gasteiger partial charge is 0.487 e. The molecular formula is C16H14ClFINO3. The molecule has 0 aliphatic rings. The average molecular weight is 450 g/mol. The summed E-state index contributed by atoms with van der Waals surface area (Å²) in [6.07, 6.45) is 0. The summed E-state index contributed by atoms with van der Waals surface area (Å²) in [6, 6.07) is 9.02. The van der Waals surface area contributed by atoms with Crippen molar-refractivity contribution in [2.75, 3.05) is 25.6 Å². The van der Waals surface area contributed by atoms with Crippen molar-refractivity contribution in [1.82, 2.24) is 0 Å². The summed E-state index contributed by atoms with van der Waals surface area (Å²) in [4.78, 5) is 12.4. The molecule has 0 aliphatic heterocycles. The minimum Gasteiger partial charge on any atom is -0.487 e. The number of hydrogen-bond donors (Lipinski definition) is 1. The van der Waals surface area contributed by atoms with E-state index in [1.54, 1.807) is 25.3 Å². The van der Waals surface area contributed by atoms with E-state index in [9.17, 15) is 9.18 Å². The molecule has 2 aromatic carbocycles. The fourth-order valence-electron chi connectivity index (χ4n) is 1.84. The van der Waals surface area contributed by atoms with Gasteiger partial charge in [0, 0.05) is 10.7 Å². The van der Waals surface area contributed by atoms with Gasteiger partial charge in [0.2, 0.25) is 0 Å². The van der Waals surface area contributed by atoms with E-state index in [1.165, 1.54) is 18.2 Å². The van der Waals surface area contributed by atoms with Crippen LogP contribution in [0.1, 0.15) is 10.4 Å².